The number of halogens is 2. The van der Waals surface area contributed by atoms with Gasteiger partial charge in [0.25, 0.3) is 0 Å². The lowest BCUT2D eigenvalue weighted by atomic mass is 9.89. The fourth-order valence-electron chi connectivity index (χ4n) is 3.48. The van der Waals surface area contributed by atoms with Crippen LogP contribution in [-0.4, -0.2) is 28.1 Å². The van der Waals surface area contributed by atoms with Gasteiger partial charge in [0.2, 0.25) is 0 Å². The van der Waals surface area contributed by atoms with E-state index in [1.54, 1.807) is 0 Å². The summed E-state index contributed by atoms with van der Waals surface area (Å²) >= 11 is 0. The Labute approximate surface area is 109 Å². The summed E-state index contributed by atoms with van der Waals surface area (Å²) < 4.78 is 27.3. The van der Waals surface area contributed by atoms with Crippen LogP contribution in [0.25, 0.3) is 0 Å². The van der Waals surface area contributed by atoms with E-state index in [-0.39, 0.29) is 24.2 Å². The molecule has 0 spiro atoms. The van der Waals surface area contributed by atoms with Crippen molar-refractivity contribution in [3.8, 4) is 0 Å². The van der Waals surface area contributed by atoms with Crippen LogP contribution in [0, 0.1) is 17.6 Å². The summed E-state index contributed by atoms with van der Waals surface area (Å²) in [6.45, 7) is 0.164. The zero-order valence-corrected chi connectivity index (χ0v) is 10.4. The molecule has 102 valence electrons. The number of carboxylic acids is 1. The van der Waals surface area contributed by atoms with Gasteiger partial charge in [0, 0.05) is 24.2 Å². The minimum atomic E-state index is -0.800. The van der Waals surface area contributed by atoms with E-state index in [9.17, 15) is 13.6 Å². The predicted molar refractivity (Wildman–Crippen MR) is 64.5 cm³/mol. The van der Waals surface area contributed by atoms with Crippen LogP contribution >= 0.6 is 0 Å². The smallest absolute Gasteiger partial charge is 0.308 e. The van der Waals surface area contributed by atoms with Crippen molar-refractivity contribution in [2.45, 2.75) is 37.9 Å². The number of carbonyl (C=O) groups is 1. The molecule has 3 rings (SSSR count). The van der Waals surface area contributed by atoms with Crippen molar-refractivity contribution in [1.29, 1.82) is 0 Å². The summed E-state index contributed by atoms with van der Waals surface area (Å²) in [5.41, 5.74) is 0.0467. The Hall–Kier alpha value is -1.49. The van der Waals surface area contributed by atoms with Crippen molar-refractivity contribution in [2.24, 2.45) is 5.92 Å². The van der Waals surface area contributed by atoms with Crippen LogP contribution in [0.5, 0.6) is 0 Å². The zero-order valence-electron chi connectivity index (χ0n) is 10.4. The summed E-state index contributed by atoms with van der Waals surface area (Å²) in [6.07, 6.45) is 2.32. The third kappa shape index (κ3) is 2.02. The van der Waals surface area contributed by atoms with Gasteiger partial charge in [-0.1, -0.05) is 6.07 Å². The molecule has 1 aromatic carbocycles. The first-order valence-corrected chi connectivity index (χ1v) is 6.49. The van der Waals surface area contributed by atoms with Crippen LogP contribution in [0.1, 0.15) is 24.8 Å². The Balaban J connectivity index is 1.83. The maximum absolute atomic E-state index is 13.7. The molecular formula is C14H15F2NO2. The molecule has 2 heterocycles. The van der Waals surface area contributed by atoms with E-state index in [4.69, 9.17) is 5.11 Å². The maximum atomic E-state index is 13.7. The quantitative estimate of drug-likeness (QED) is 0.914. The van der Waals surface area contributed by atoms with E-state index in [0.717, 1.165) is 12.8 Å². The molecule has 3 nitrogen and oxygen atoms in total. The average molecular weight is 267 g/mol. The molecule has 0 radical (unpaired) electrons. The Kier molecular flexibility index (Phi) is 3.01. The summed E-state index contributed by atoms with van der Waals surface area (Å²) in [5, 5.41) is 9.15. The van der Waals surface area contributed by atoms with Crippen molar-refractivity contribution >= 4 is 5.97 Å². The molecule has 2 bridgehead atoms. The van der Waals surface area contributed by atoms with E-state index in [2.05, 4.69) is 0 Å². The third-order valence-electron chi connectivity index (χ3n) is 4.40. The van der Waals surface area contributed by atoms with Gasteiger partial charge in [-0.25, -0.2) is 8.78 Å². The molecule has 0 saturated carbocycles. The van der Waals surface area contributed by atoms with Gasteiger partial charge in [0.15, 0.2) is 0 Å². The van der Waals surface area contributed by atoms with Crippen LogP contribution in [-0.2, 0) is 11.3 Å². The van der Waals surface area contributed by atoms with Crippen LogP contribution in [0.15, 0.2) is 18.2 Å². The van der Waals surface area contributed by atoms with Gasteiger partial charge < -0.3 is 5.11 Å². The summed E-state index contributed by atoms with van der Waals surface area (Å²) in [6, 6.07) is 3.88. The van der Waals surface area contributed by atoms with Gasteiger partial charge >= 0.3 is 5.97 Å². The van der Waals surface area contributed by atoms with Gasteiger partial charge in [-0.2, -0.15) is 0 Å². The van der Waals surface area contributed by atoms with Crippen molar-refractivity contribution in [3.05, 3.63) is 35.4 Å². The fraction of sp³-hybridized carbons (Fsp3) is 0.500. The second-order valence-electron chi connectivity index (χ2n) is 5.35. The van der Waals surface area contributed by atoms with E-state index in [1.807, 2.05) is 4.90 Å². The third-order valence-corrected chi connectivity index (χ3v) is 4.40. The number of fused-ring (bicyclic) bond motifs is 2. The van der Waals surface area contributed by atoms with Gasteiger partial charge in [0.1, 0.15) is 11.6 Å². The fourth-order valence-corrected chi connectivity index (χ4v) is 3.48. The van der Waals surface area contributed by atoms with Crippen molar-refractivity contribution < 1.29 is 18.7 Å². The van der Waals surface area contributed by atoms with Gasteiger partial charge in [0.05, 0.1) is 5.92 Å². The second-order valence-corrected chi connectivity index (χ2v) is 5.35. The first kappa shape index (κ1) is 12.5. The number of hydrogen-bond acceptors (Lipinski definition) is 2. The molecule has 2 aliphatic rings. The lowest BCUT2D eigenvalue weighted by Gasteiger charge is -2.23. The minimum Gasteiger partial charge on any atom is -0.481 e. The van der Waals surface area contributed by atoms with Gasteiger partial charge in [-0.05, 0) is 31.4 Å². The molecule has 0 aromatic heterocycles. The van der Waals surface area contributed by atoms with E-state index in [0.29, 0.717) is 6.42 Å². The molecule has 19 heavy (non-hydrogen) atoms. The second kappa shape index (κ2) is 4.56. The molecule has 2 fully saturated rings. The highest BCUT2D eigenvalue weighted by molar-refractivity contribution is 5.71. The van der Waals surface area contributed by atoms with Gasteiger partial charge in [-0.3, -0.25) is 9.69 Å². The van der Waals surface area contributed by atoms with E-state index in [1.165, 1.54) is 18.2 Å². The maximum Gasteiger partial charge on any atom is 0.308 e. The van der Waals surface area contributed by atoms with Gasteiger partial charge in [-0.15, -0.1) is 0 Å². The largest absolute Gasteiger partial charge is 0.481 e. The van der Waals surface area contributed by atoms with Crippen LogP contribution in [0.4, 0.5) is 8.78 Å². The number of aliphatic carboxylic acids is 1. The monoisotopic (exact) mass is 267 g/mol. The van der Waals surface area contributed by atoms with Crippen LogP contribution < -0.4 is 0 Å². The van der Waals surface area contributed by atoms with Crippen molar-refractivity contribution in [1.82, 2.24) is 4.90 Å². The Bertz CT molecular complexity index is 500. The molecule has 0 amide bonds. The first-order chi connectivity index (χ1) is 9.08. The number of benzene rings is 1. The normalized spacial score (nSPS) is 29.9. The van der Waals surface area contributed by atoms with E-state index < -0.39 is 23.5 Å². The molecular weight excluding hydrogens is 252 g/mol. The predicted octanol–water partition coefficient (Wildman–Crippen LogP) is 2.40. The summed E-state index contributed by atoms with van der Waals surface area (Å²) in [4.78, 5) is 13.1. The molecule has 1 N–H and O–H groups in total. The number of rotatable bonds is 3. The molecule has 5 heteroatoms. The number of hydrogen-bond donors (Lipinski definition) is 1. The summed E-state index contributed by atoms with van der Waals surface area (Å²) in [5.74, 6) is -2.31. The zero-order chi connectivity index (χ0) is 13.6. The lowest BCUT2D eigenvalue weighted by Crippen LogP contribution is -2.33. The highest BCUT2D eigenvalue weighted by atomic mass is 19.1. The highest BCUT2D eigenvalue weighted by Gasteiger charge is 2.49. The lowest BCUT2D eigenvalue weighted by molar-refractivity contribution is -0.142. The summed E-state index contributed by atoms with van der Waals surface area (Å²) in [7, 11) is 0. The highest BCUT2D eigenvalue weighted by Crippen LogP contribution is 2.42. The SMILES string of the molecule is O=C(O)C1CC2CCC1N2Cc1c(F)cccc1F. The van der Waals surface area contributed by atoms with Crippen LogP contribution in [0.3, 0.4) is 0 Å². The molecule has 3 unspecified atom stereocenters. The van der Waals surface area contributed by atoms with Crippen molar-refractivity contribution in [2.75, 3.05) is 0 Å². The molecule has 2 aliphatic heterocycles. The van der Waals surface area contributed by atoms with Crippen LogP contribution in [0.2, 0.25) is 0 Å². The molecule has 2 saturated heterocycles. The number of carboxylic acid groups (broad SMARTS) is 1. The Morgan fingerprint density at radius 1 is 1.32 bits per heavy atom. The first-order valence-electron chi connectivity index (χ1n) is 6.49. The average Bonchev–Trinajstić information content (AvgIpc) is 2.91. The molecule has 3 atom stereocenters. The van der Waals surface area contributed by atoms with E-state index >= 15 is 0 Å². The minimum absolute atomic E-state index is 0.0467. The molecule has 0 aliphatic carbocycles. The Morgan fingerprint density at radius 2 is 2.00 bits per heavy atom. The number of nitrogens with zero attached hydrogens (tertiary/aromatic N) is 1. The Morgan fingerprint density at radius 3 is 2.58 bits per heavy atom. The standard InChI is InChI=1S/C14H15F2NO2/c15-11-2-1-3-12(16)10(11)7-17-8-4-5-13(17)9(6-8)14(18)19/h1-3,8-9,13H,4-7H2,(H,18,19). The topological polar surface area (TPSA) is 40.5 Å². The van der Waals surface area contributed by atoms with Crippen molar-refractivity contribution in [3.63, 3.8) is 0 Å². The molecule has 1 aromatic rings.